The van der Waals surface area contributed by atoms with Crippen molar-refractivity contribution in [3.63, 3.8) is 0 Å². The summed E-state index contributed by atoms with van der Waals surface area (Å²) in [5.41, 5.74) is 5.83. The van der Waals surface area contributed by atoms with Crippen molar-refractivity contribution in [2.75, 3.05) is 5.32 Å². The number of aromatic nitrogens is 1. The molecule has 0 aliphatic rings. The van der Waals surface area contributed by atoms with Gasteiger partial charge in [0.2, 0.25) is 5.91 Å². The molecule has 1 aromatic heterocycles. The van der Waals surface area contributed by atoms with Gasteiger partial charge in [-0.1, -0.05) is 12.1 Å². The normalized spacial score (nSPS) is 10.4. The summed E-state index contributed by atoms with van der Waals surface area (Å²) in [6, 6.07) is 6.05. The second kappa shape index (κ2) is 5.31. The van der Waals surface area contributed by atoms with Crippen molar-refractivity contribution < 1.29 is 4.79 Å². The maximum atomic E-state index is 12.0. The topological polar surface area (TPSA) is 42.0 Å². The van der Waals surface area contributed by atoms with Crippen LogP contribution in [0, 0.1) is 20.8 Å². The summed E-state index contributed by atoms with van der Waals surface area (Å²) in [6.45, 7) is 5.94. The Morgan fingerprint density at radius 3 is 2.78 bits per heavy atom. The average Bonchev–Trinajstić information content (AvgIpc) is 2.70. The maximum absolute atomic E-state index is 12.0. The summed E-state index contributed by atoms with van der Waals surface area (Å²) >= 11 is 1.52. The number of nitrogens with one attached hydrogen (secondary N) is 1. The second-order valence-corrected chi connectivity index (χ2v) is 5.34. The molecule has 3 nitrogen and oxygen atoms in total. The van der Waals surface area contributed by atoms with E-state index < -0.39 is 0 Å². The highest BCUT2D eigenvalue weighted by molar-refractivity contribution is 7.09. The number of anilines is 1. The number of nitrogens with zero attached hydrogens (tertiary/aromatic N) is 1. The second-order valence-electron chi connectivity index (χ2n) is 4.40. The Labute approximate surface area is 111 Å². The molecule has 0 radical (unpaired) electrons. The van der Waals surface area contributed by atoms with Gasteiger partial charge in [0.25, 0.3) is 0 Å². The van der Waals surface area contributed by atoms with E-state index in [-0.39, 0.29) is 5.91 Å². The van der Waals surface area contributed by atoms with Gasteiger partial charge in [-0.3, -0.25) is 4.79 Å². The molecule has 1 heterocycles. The third-order valence-corrected chi connectivity index (χ3v) is 3.77. The van der Waals surface area contributed by atoms with Crippen LogP contribution in [-0.4, -0.2) is 10.9 Å². The first-order valence-electron chi connectivity index (χ1n) is 5.82. The van der Waals surface area contributed by atoms with Gasteiger partial charge in [0.05, 0.1) is 17.6 Å². The van der Waals surface area contributed by atoms with Crippen molar-refractivity contribution in [1.29, 1.82) is 0 Å². The first-order chi connectivity index (χ1) is 8.56. The number of carbonyl (C=O) groups excluding carboxylic acids is 1. The van der Waals surface area contributed by atoms with E-state index in [1.807, 2.05) is 39.0 Å². The molecule has 1 aromatic carbocycles. The lowest BCUT2D eigenvalue weighted by Gasteiger charge is -2.09. The highest BCUT2D eigenvalue weighted by atomic mass is 32.1. The monoisotopic (exact) mass is 260 g/mol. The summed E-state index contributed by atoms with van der Waals surface area (Å²) in [6.07, 6.45) is 0.393. The van der Waals surface area contributed by atoms with Gasteiger partial charge in [0.15, 0.2) is 0 Å². The quantitative estimate of drug-likeness (QED) is 0.920. The molecule has 94 valence electrons. The molecule has 1 amide bonds. The summed E-state index contributed by atoms with van der Waals surface area (Å²) < 4.78 is 0. The highest BCUT2D eigenvalue weighted by Crippen LogP contribution is 2.18. The van der Waals surface area contributed by atoms with Crippen LogP contribution >= 0.6 is 11.3 Å². The predicted octanol–water partition coefficient (Wildman–Crippen LogP) is 3.25. The van der Waals surface area contributed by atoms with Crippen LogP contribution in [-0.2, 0) is 11.2 Å². The largest absolute Gasteiger partial charge is 0.326 e. The van der Waals surface area contributed by atoms with Gasteiger partial charge in [-0.25, -0.2) is 4.98 Å². The van der Waals surface area contributed by atoms with E-state index in [0.717, 1.165) is 27.4 Å². The molecule has 0 aliphatic carbocycles. The molecule has 0 aliphatic heterocycles. The fourth-order valence-corrected chi connectivity index (χ4v) is 2.48. The van der Waals surface area contributed by atoms with Crippen LogP contribution in [0.3, 0.4) is 0 Å². The van der Waals surface area contributed by atoms with Gasteiger partial charge in [-0.2, -0.15) is 0 Å². The van der Waals surface area contributed by atoms with Crippen molar-refractivity contribution >= 4 is 22.9 Å². The van der Waals surface area contributed by atoms with E-state index in [1.54, 1.807) is 5.51 Å². The smallest absolute Gasteiger partial charge is 0.229 e. The van der Waals surface area contributed by atoms with Crippen LogP contribution in [0.4, 0.5) is 5.69 Å². The SMILES string of the molecule is Cc1ccc(C)c(NC(=O)Cc2scnc2C)c1. The molecule has 0 unspecified atom stereocenters. The lowest BCUT2D eigenvalue weighted by Crippen LogP contribution is -2.15. The lowest BCUT2D eigenvalue weighted by molar-refractivity contribution is -0.115. The van der Waals surface area contributed by atoms with E-state index in [1.165, 1.54) is 11.3 Å². The zero-order valence-electron chi connectivity index (χ0n) is 10.8. The van der Waals surface area contributed by atoms with Crippen LogP contribution in [0.1, 0.15) is 21.7 Å². The van der Waals surface area contributed by atoms with Crippen LogP contribution in [0.5, 0.6) is 0 Å². The highest BCUT2D eigenvalue weighted by Gasteiger charge is 2.09. The van der Waals surface area contributed by atoms with E-state index in [4.69, 9.17) is 0 Å². The van der Waals surface area contributed by atoms with Crippen molar-refractivity contribution in [2.45, 2.75) is 27.2 Å². The van der Waals surface area contributed by atoms with Gasteiger partial charge in [-0.05, 0) is 38.0 Å². The number of thiazole rings is 1. The van der Waals surface area contributed by atoms with E-state index >= 15 is 0 Å². The fourth-order valence-electron chi connectivity index (χ4n) is 1.71. The molecular weight excluding hydrogens is 244 g/mol. The number of amides is 1. The first kappa shape index (κ1) is 12.8. The number of hydrogen-bond donors (Lipinski definition) is 1. The Morgan fingerprint density at radius 1 is 1.33 bits per heavy atom. The molecule has 0 saturated carbocycles. The number of carbonyl (C=O) groups is 1. The molecular formula is C14H16N2OS. The first-order valence-corrected chi connectivity index (χ1v) is 6.70. The van der Waals surface area contributed by atoms with Crippen LogP contribution in [0.15, 0.2) is 23.7 Å². The zero-order valence-corrected chi connectivity index (χ0v) is 11.6. The molecule has 18 heavy (non-hydrogen) atoms. The molecule has 1 N–H and O–H groups in total. The lowest BCUT2D eigenvalue weighted by atomic mass is 10.1. The number of hydrogen-bond acceptors (Lipinski definition) is 3. The standard InChI is InChI=1S/C14H16N2OS/c1-9-4-5-10(2)12(6-9)16-14(17)7-13-11(3)15-8-18-13/h4-6,8H,7H2,1-3H3,(H,16,17). The van der Waals surface area contributed by atoms with Crippen LogP contribution in [0.2, 0.25) is 0 Å². The molecule has 4 heteroatoms. The van der Waals surface area contributed by atoms with Crippen LogP contribution < -0.4 is 5.32 Å². The number of rotatable bonds is 3. The van der Waals surface area contributed by atoms with Crippen molar-refractivity contribution in [2.24, 2.45) is 0 Å². The molecule has 2 rings (SSSR count). The van der Waals surface area contributed by atoms with Gasteiger partial charge in [0, 0.05) is 10.6 Å². The average molecular weight is 260 g/mol. The van der Waals surface area contributed by atoms with Crippen molar-refractivity contribution in [1.82, 2.24) is 4.98 Å². The Hall–Kier alpha value is -1.68. The molecule has 0 fully saturated rings. The van der Waals surface area contributed by atoms with Gasteiger partial charge >= 0.3 is 0 Å². The number of aryl methyl sites for hydroxylation is 3. The summed E-state index contributed by atoms with van der Waals surface area (Å²) in [4.78, 5) is 17.1. The minimum Gasteiger partial charge on any atom is -0.326 e. The Balaban J connectivity index is 2.08. The molecule has 0 spiro atoms. The fraction of sp³-hybridized carbons (Fsp3) is 0.286. The Bertz CT molecular complexity index is 575. The predicted molar refractivity (Wildman–Crippen MR) is 75.1 cm³/mol. The van der Waals surface area contributed by atoms with Gasteiger partial charge < -0.3 is 5.32 Å². The minimum absolute atomic E-state index is 0.0102. The van der Waals surface area contributed by atoms with Crippen molar-refractivity contribution in [3.8, 4) is 0 Å². The molecule has 0 atom stereocenters. The minimum atomic E-state index is 0.0102. The number of benzene rings is 1. The van der Waals surface area contributed by atoms with Crippen LogP contribution in [0.25, 0.3) is 0 Å². The van der Waals surface area contributed by atoms with E-state index in [0.29, 0.717) is 6.42 Å². The zero-order chi connectivity index (χ0) is 13.1. The summed E-state index contributed by atoms with van der Waals surface area (Å²) in [5.74, 6) is 0.0102. The van der Waals surface area contributed by atoms with Gasteiger partial charge in [0.1, 0.15) is 0 Å². The summed E-state index contributed by atoms with van der Waals surface area (Å²) in [5, 5.41) is 2.96. The maximum Gasteiger partial charge on any atom is 0.229 e. The third kappa shape index (κ3) is 2.96. The van der Waals surface area contributed by atoms with E-state index in [2.05, 4.69) is 10.3 Å². The third-order valence-electron chi connectivity index (χ3n) is 2.83. The molecule has 0 saturated heterocycles. The van der Waals surface area contributed by atoms with E-state index in [9.17, 15) is 4.79 Å². The summed E-state index contributed by atoms with van der Waals surface area (Å²) in [7, 11) is 0. The Morgan fingerprint density at radius 2 is 2.11 bits per heavy atom. The Kier molecular flexibility index (Phi) is 3.77. The molecule has 2 aromatic rings. The van der Waals surface area contributed by atoms with Crippen molar-refractivity contribution in [3.05, 3.63) is 45.4 Å². The van der Waals surface area contributed by atoms with Gasteiger partial charge in [-0.15, -0.1) is 11.3 Å². The molecule has 0 bridgehead atoms.